The molecule has 1 saturated heterocycles. The normalized spacial score (nSPS) is 24.9. The lowest BCUT2D eigenvalue weighted by Gasteiger charge is -2.16. The van der Waals surface area contributed by atoms with Gasteiger partial charge in [0, 0.05) is 12.6 Å². The Morgan fingerprint density at radius 2 is 2.38 bits per heavy atom. The fourth-order valence-corrected chi connectivity index (χ4v) is 2.83. The molecule has 2 unspecified atom stereocenters. The standard InChI is InChI=1S/C10H22N2S/c1-3-11-6-9(2)12-7-10-4-5-13-8-10/h9-12H,3-8H2,1-2H3. The first kappa shape index (κ1) is 11.3. The van der Waals surface area contributed by atoms with Gasteiger partial charge in [-0.1, -0.05) is 6.92 Å². The van der Waals surface area contributed by atoms with Crippen molar-refractivity contribution in [1.29, 1.82) is 0 Å². The van der Waals surface area contributed by atoms with Crippen molar-refractivity contribution in [1.82, 2.24) is 10.6 Å². The van der Waals surface area contributed by atoms with Crippen LogP contribution in [0.15, 0.2) is 0 Å². The zero-order chi connectivity index (χ0) is 9.52. The summed E-state index contributed by atoms with van der Waals surface area (Å²) < 4.78 is 0. The Morgan fingerprint density at radius 1 is 1.54 bits per heavy atom. The summed E-state index contributed by atoms with van der Waals surface area (Å²) in [6, 6.07) is 0.616. The fraction of sp³-hybridized carbons (Fsp3) is 1.00. The summed E-state index contributed by atoms with van der Waals surface area (Å²) in [5, 5.41) is 6.94. The fourth-order valence-electron chi connectivity index (χ4n) is 1.55. The molecule has 0 saturated carbocycles. The molecule has 0 bridgehead atoms. The van der Waals surface area contributed by atoms with Gasteiger partial charge in [0.2, 0.25) is 0 Å². The molecule has 0 aromatic rings. The summed E-state index contributed by atoms with van der Waals surface area (Å²) >= 11 is 2.10. The molecule has 0 radical (unpaired) electrons. The molecule has 1 aliphatic heterocycles. The van der Waals surface area contributed by atoms with Crippen molar-refractivity contribution in [2.75, 3.05) is 31.1 Å². The summed E-state index contributed by atoms with van der Waals surface area (Å²) in [5.74, 6) is 3.66. The van der Waals surface area contributed by atoms with Crippen molar-refractivity contribution in [3.63, 3.8) is 0 Å². The van der Waals surface area contributed by atoms with Crippen LogP contribution in [0.2, 0.25) is 0 Å². The van der Waals surface area contributed by atoms with Gasteiger partial charge in [-0.3, -0.25) is 0 Å². The molecule has 1 heterocycles. The number of thioether (sulfide) groups is 1. The van der Waals surface area contributed by atoms with Gasteiger partial charge in [0.05, 0.1) is 0 Å². The maximum Gasteiger partial charge on any atom is 0.0164 e. The van der Waals surface area contributed by atoms with Crippen LogP contribution in [0.4, 0.5) is 0 Å². The topological polar surface area (TPSA) is 24.1 Å². The van der Waals surface area contributed by atoms with E-state index in [1.165, 1.54) is 24.5 Å². The third-order valence-corrected chi connectivity index (χ3v) is 3.71. The Hall–Kier alpha value is 0.270. The first-order valence-corrected chi connectivity index (χ1v) is 6.50. The number of likely N-dealkylation sites (N-methyl/N-ethyl adjacent to an activating group) is 1. The number of nitrogens with one attached hydrogen (secondary N) is 2. The second-order valence-corrected chi connectivity index (χ2v) is 5.00. The van der Waals surface area contributed by atoms with Crippen LogP contribution in [0.3, 0.4) is 0 Å². The van der Waals surface area contributed by atoms with Crippen molar-refractivity contribution >= 4 is 11.8 Å². The summed E-state index contributed by atoms with van der Waals surface area (Å²) in [5.41, 5.74) is 0. The molecule has 1 aliphatic rings. The van der Waals surface area contributed by atoms with E-state index in [1.807, 2.05) is 0 Å². The van der Waals surface area contributed by atoms with Crippen molar-refractivity contribution in [3.05, 3.63) is 0 Å². The number of rotatable bonds is 6. The Bertz CT molecular complexity index is 124. The molecule has 0 aromatic carbocycles. The van der Waals surface area contributed by atoms with Crippen molar-refractivity contribution in [2.24, 2.45) is 5.92 Å². The minimum absolute atomic E-state index is 0.616. The van der Waals surface area contributed by atoms with E-state index in [0.717, 1.165) is 19.0 Å². The van der Waals surface area contributed by atoms with Crippen LogP contribution in [-0.2, 0) is 0 Å². The van der Waals surface area contributed by atoms with Gasteiger partial charge < -0.3 is 10.6 Å². The van der Waals surface area contributed by atoms with Crippen molar-refractivity contribution in [3.8, 4) is 0 Å². The average Bonchev–Trinajstić information content (AvgIpc) is 2.64. The Balaban J connectivity index is 1.97. The van der Waals surface area contributed by atoms with E-state index in [1.54, 1.807) is 0 Å². The zero-order valence-corrected chi connectivity index (χ0v) is 9.62. The maximum atomic E-state index is 3.58. The lowest BCUT2D eigenvalue weighted by Crippen LogP contribution is -2.38. The molecule has 78 valence electrons. The highest BCUT2D eigenvalue weighted by atomic mass is 32.2. The molecule has 1 fully saturated rings. The Kier molecular flexibility index (Phi) is 5.83. The molecule has 1 rings (SSSR count). The predicted molar refractivity (Wildman–Crippen MR) is 61.4 cm³/mol. The SMILES string of the molecule is CCNCC(C)NCC1CCSC1. The smallest absolute Gasteiger partial charge is 0.0164 e. The van der Waals surface area contributed by atoms with Gasteiger partial charge in [-0.15, -0.1) is 0 Å². The lowest BCUT2D eigenvalue weighted by atomic mass is 10.1. The molecule has 13 heavy (non-hydrogen) atoms. The van der Waals surface area contributed by atoms with E-state index in [9.17, 15) is 0 Å². The number of hydrogen-bond donors (Lipinski definition) is 2. The third kappa shape index (κ3) is 4.89. The first-order valence-electron chi connectivity index (χ1n) is 5.34. The van der Waals surface area contributed by atoms with Gasteiger partial charge in [-0.25, -0.2) is 0 Å². The number of hydrogen-bond acceptors (Lipinski definition) is 3. The molecule has 2 atom stereocenters. The maximum absolute atomic E-state index is 3.58. The summed E-state index contributed by atoms with van der Waals surface area (Å²) in [4.78, 5) is 0. The van der Waals surface area contributed by atoms with E-state index < -0.39 is 0 Å². The highest BCUT2D eigenvalue weighted by Crippen LogP contribution is 2.22. The Labute approximate surface area is 86.2 Å². The second-order valence-electron chi connectivity index (χ2n) is 3.85. The van der Waals surface area contributed by atoms with E-state index >= 15 is 0 Å². The van der Waals surface area contributed by atoms with Crippen LogP contribution in [0.25, 0.3) is 0 Å². The van der Waals surface area contributed by atoms with E-state index in [0.29, 0.717) is 6.04 Å². The van der Waals surface area contributed by atoms with Gasteiger partial charge in [0.1, 0.15) is 0 Å². The summed E-state index contributed by atoms with van der Waals surface area (Å²) in [6.45, 7) is 7.78. The molecule has 3 heteroatoms. The van der Waals surface area contributed by atoms with Gasteiger partial charge in [0.15, 0.2) is 0 Å². The quantitative estimate of drug-likeness (QED) is 0.679. The van der Waals surface area contributed by atoms with Gasteiger partial charge in [-0.05, 0) is 43.9 Å². The molecule has 0 spiro atoms. The molecular formula is C10H22N2S. The summed E-state index contributed by atoms with van der Waals surface area (Å²) in [6.07, 6.45) is 1.41. The van der Waals surface area contributed by atoms with Crippen LogP contribution < -0.4 is 10.6 Å². The van der Waals surface area contributed by atoms with Gasteiger partial charge >= 0.3 is 0 Å². The predicted octanol–water partition coefficient (Wildman–Crippen LogP) is 1.33. The van der Waals surface area contributed by atoms with Crippen LogP contribution in [0.5, 0.6) is 0 Å². The second kappa shape index (κ2) is 6.68. The molecule has 2 nitrogen and oxygen atoms in total. The highest BCUT2D eigenvalue weighted by Gasteiger charge is 2.15. The first-order chi connectivity index (χ1) is 6.33. The van der Waals surface area contributed by atoms with Crippen LogP contribution in [0.1, 0.15) is 20.3 Å². The minimum atomic E-state index is 0.616. The highest BCUT2D eigenvalue weighted by molar-refractivity contribution is 7.99. The average molecular weight is 202 g/mol. The van der Waals surface area contributed by atoms with Crippen LogP contribution in [-0.4, -0.2) is 37.2 Å². The van der Waals surface area contributed by atoms with Crippen LogP contribution in [0, 0.1) is 5.92 Å². The van der Waals surface area contributed by atoms with E-state index in [2.05, 4.69) is 36.2 Å². The summed E-state index contributed by atoms with van der Waals surface area (Å²) in [7, 11) is 0. The lowest BCUT2D eigenvalue weighted by molar-refractivity contribution is 0.451. The minimum Gasteiger partial charge on any atom is -0.315 e. The Morgan fingerprint density at radius 3 is 3.00 bits per heavy atom. The van der Waals surface area contributed by atoms with E-state index in [4.69, 9.17) is 0 Å². The molecular weight excluding hydrogens is 180 g/mol. The third-order valence-electron chi connectivity index (χ3n) is 2.48. The molecule has 0 aliphatic carbocycles. The largest absolute Gasteiger partial charge is 0.315 e. The molecule has 0 aromatic heterocycles. The molecule has 0 amide bonds. The van der Waals surface area contributed by atoms with E-state index in [-0.39, 0.29) is 0 Å². The van der Waals surface area contributed by atoms with Gasteiger partial charge in [0.25, 0.3) is 0 Å². The van der Waals surface area contributed by atoms with Crippen molar-refractivity contribution in [2.45, 2.75) is 26.3 Å². The van der Waals surface area contributed by atoms with Crippen LogP contribution >= 0.6 is 11.8 Å². The zero-order valence-electron chi connectivity index (χ0n) is 8.81. The molecule has 2 N–H and O–H groups in total. The van der Waals surface area contributed by atoms with Gasteiger partial charge in [-0.2, -0.15) is 11.8 Å². The van der Waals surface area contributed by atoms with Crippen molar-refractivity contribution < 1.29 is 0 Å². The monoisotopic (exact) mass is 202 g/mol.